The summed E-state index contributed by atoms with van der Waals surface area (Å²) in [6.45, 7) is 9.96. The number of nitrogens with one attached hydrogen (secondary N) is 1. The Bertz CT molecular complexity index is 376. The van der Waals surface area contributed by atoms with Gasteiger partial charge in [-0.05, 0) is 43.6 Å². The molecule has 0 amide bonds. The Morgan fingerprint density at radius 3 is 2.89 bits per heavy atom. The first-order chi connectivity index (χ1) is 9.04. The Morgan fingerprint density at radius 2 is 2.32 bits per heavy atom. The molecule has 0 aromatic carbocycles. The highest BCUT2D eigenvalue weighted by Crippen LogP contribution is 2.32. The molecule has 108 valence electrons. The Balaban J connectivity index is 2.02. The first kappa shape index (κ1) is 15.0. The highest BCUT2D eigenvalue weighted by Gasteiger charge is 2.33. The summed E-state index contributed by atoms with van der Waals surface area (Å²) in [6.07, 6.45) is 3.35. The third-order valence-corrected chi connectivity index (χ3v) is 5.23. The van der Waals surface area contributed by atoms with E-state index in [0.717, 1.165) is 25.9 Å². The summed E-state index contributed by atoms with van der Waals surface area (Å²) in [6, 6.07) is 5.45. The highest BCUT2D eigenvalue weighted by molar-refractivity contribution is 7.10. The van der Waals surface area contributed by atoms with E-state index in [0.29, 0.717) is 18.0 Å². The maximum absolute atomic E-state index is 5.94. The van der Waals surface area contributed by atoms with Crippen LogP contribution in [-0.4, -0.2) is 18.2 Å². The normalized spacial score (nSPS) is 29.6. The number of hydrogen-bond acceptors (Lipinski definition) is 3. The fourth-order valence-electron chi connectivity index (χ4n) is 2.84. The van der Waals surface area contributed by atoms with Gasteiger partial charge < -0.3 is 10.1 Å². The fraction of sp³-hybridized carbons (Fsp3) is 0.750. The summed E-state index contributed by atoms with van der Waals surface area (Å²) in [5.74, 6) is 0.620. The zero-order valence-electron chi connectivity index (χ0n) is 12.6. The zero-order valence-corrected chi connectivity index (χ0v) is 13.4. The van der Waals surface area contributed by atoms with Gasteiger partial charge >= 0.3 is 0 Å². The monoisotopic (exact) mass is 281 g/mol. The molecule has 0 bridgehead atoms. The Morgan fingerprint density at radius 1 is 1.53 bits per heavy atom. The second kappa shape index (κ2) is 6.38. The van der Waals surface area contributed by atoms with Crippen LogP contribution < -0.4 is 5.32 Å². The van der Waals surface area contributed by atoms with Gasteiger partial charge in [0.1, 0.15) is 0 Å². The van der Waals surface area contributed by atoms with E-state index in [1.54, 1.807) is 0 Å². The molecule has 0 saturated carbocycles. The molecule has 2 nitrogen and oxygen atoms in total. The first-order valence-electron chi connectivity index (χ1n) is 7.47. The Labute approximate surface area is 121 Å². The third-order valence-electron chi connectivity index (χ3n) is 4.27. The van der Waals surface area contributed by atoms with Crippen molar-refractivity contribution in [1.29, 1.82) is 0 Å². The molecule has 3 atom stereocenters. The summed E-state index contributed by atoms with van der Waals surface area (Å²) in [7, 11) is 0. The minimum Gasteiger partial charge on any atom is -0.375 e. The molecule has 1 aliphatic rings. The quantitative estimate of drug-likeness (QED) is 0.864. The van der Waals surface area contributed by atoms with Crippen LogP contribution in [0.1, 0.15) is 57.9 Å². The molecule has 1 saturated heterocycles. The SMILES string of the molecule is CCC1(C)CC(NC(c2cccs2)C(C)C)CCO1. The molecule has 2 heterocycles. The Hall–Kier alpha value is -0.380. The largest absolute Gasteiger partial charge is 0.375 e. The number of thiophene rings is 1. The van der Waals surface area contributed by atoms with Gasteiger partial charge in [-0.15, -0.1) is 11.3 Å². The first-order valence-corrected chi connectivity index (χ1v) is 8.35. The maximum atomic E-state index is 5.94. The van der Waals surface area contributed by atoms with Gasteiger partial charge in [0, 0.05) is 23.6 Å². The predicted molar refractivity (Wildman–Crippen MR) is 82.7 cm³/mol. The molecule has 1 fully saturated rings. The molecule has 1 aliphatic heterocycles. The van der Waals surface area contributed by atoms with Crippen LogP contribution in [-0.2, 0) is 4.74 Å². The summed E-state index contributed by atoms with van der Waals surface area (Å²) >= 11 is 1.86. The molecule has 1 aromatic heterocycles. The van der Waals surface area contributed by atoms with E-state index in [1.807, 2.05) is 11.3 Å². The fourth-order valence-corrected chi connectivity index (χ4v) is 3.80. The van der Waals surface area contributed by atoms with Gasteiger partial charge in [-0.2, -0.15) is 0 Å². The van der Waals surface area contributed by atoms with Gasteiger partial charge in [0.15, 0.2) is 0 Å². The highest BCUT2D eigenvalue weighted by atomic mass is 32.1. The second-order valence-electron chi connectivity index (χ2n) is 6.25. The van der Waals surface area contributed by atoms with E-state index in [9.17, 15) is 0 Å². The van der Waals surface area contributed by atoms with E-state index in [1.165, 1.54) is 4.88 Å². The van der Waals surface area contributed by atoms with E-state index in [-0.39, 0.29) is 5.60 Å². The van der Waals surface area contributed by atoms with Crippen molar-refractivity contribution in [2.45, 2.75) is 64.6 Å². The molecular formula is C16H27NOS. The van der Waals surface area contributed by atoms with Crippen LogP contribution in [0, 0.1) is 5.92 Å². The van der Waals surface area contributed by atoms with Gasteiger partial charge in [-0.25, -0.2) is 0 Å². The predicted octanol–water partition coefficient (Wildman–Crippen LogP) is 4.38. The molecular weight excluding hydrogens is 254 g/mol. The van der Waals surface area contributed by atoms with Gasteiger partial charge in [-0.3, -0.25) is 0 Å². The van der Waals surface area contributed by atoms with Gasteiger partial charge in [0.05, 0.1) is 5.60 Å². The number of ether oxygens (including phenoxy) is 1. The summed E-state index contributed by atoms with van der Waals surface area (Å²) in [5.41, 5.74) is 0.0624. The second-order valence-corrected chi connectivity index (χ2v) is 7.22. The van der Waals surface area contributed by atoms with Crippen molar-refractivity contribution in [3.05, 3.63) is 22.4 Å². The van der Waals surface area contributed by atoms with Crippen molar-refractivity contribution < 1.29 is 4.74 Å². The van der Waals surface area contributed by atoms with Crippen molar-refractivity contribution >= 4 is 11.3 Å². The lowest BCUT2D eigenvalue weighted by Gasteiger charge is -2.40. The molecule has 3 heteroatoms. The molecule has 1 aromatic rings. The lowest BCUT2D eigenvalue weighted by molar-refractivity contribution is -0.0797. The van der Waals surface area contributed by atoms with Gasteiger partial charge in [0.2, 0.25) is 0 Å². The Kier molecular flexibility index (Phi) is 5.04. The minimum absolute atomic E-state index is 0.0624. The van der Waals surface area contributed by atoms with Gasteiger partial charge in [-0.1, -0.05) is 26.8 Å². The smallest absolute Gasteiger partial charge is 0.0666 e. The zero-order chi connectivity index (χ0) is 13.9. The van der Waals surface area contributed by atoms with Crippen molar-refractivity contribution in [1.82, 2.24) is 5.32 Å². The maximum Gasteiger partial charge on any atom is 0.0666 e. The molecule has 19 heavy (non-hydrogen) atoms. The topological polar surface area (TPSA) is 21.3 Å². The van der Waals surface area contributed by atoms with Crippen LogP contribution in [0.4, 0.5) is 0 Å². The molecule has 0 spiro atoms. The van der Waals surface area contributed by atoms with Crippen LogP contribution in [0.25, 0.3) is 0 Å². The molecule has 1 N–H and O–H groups in total. The summed E-state index contributed by atoms with van der Waals surface area (Å²) in [4.78, 5) is 1.46. The van der Waals surface area contributed by atoms with Crippen molar-refractivity contribution in [2.75, 3.05) is 6.61 Å². The van der Waals surface area contributed by atoms with Crippen LogP contribution in [0.5, 0.6) is 0 Å². The summed E-state index contributed by atoms with van der Waals surface area (Å²) < 4.78 is 5.94. The number of rotatable bonds is 5. The third kappa shape index (κ3) is 3.80. The van der Waals surface area contributed by atoms with Crippen LogP contribution in [0.2, 0.25) is 0 Å². The lowest BCUT2D eigenvalue weighted by Crippen LogP contribution is -2.46. The van der Waals surface area contributed by atoms with Crippen LogP contribution in [0.15, 0.2) is 17.5 Å². The standard InChI is InChI=1S/C16H27NOS/c1-5-16(4)11-13(8-9-18-16)17-15(12(2)3)14-7-6-10-19-14/h6-7,10,12-13,15,17H,5,8-9,11H2,1-4H3. The van der Waals surface area contributed by atoms with E-state index >= 15 is 0 Å². The van der Waals surface area contributed by atoms with Crippen molar-refractivity contribution in [3.63, 3.8) is 0 Å². The van der Waals surface area contributed by atoms with Crippen LogP contribution >= 0.6 is 11.3 Å². The van der Waals surface area contributed by atoms with Crippen molar-refractivity contribution in [3.8, 4) is 0 Å². The minimum atomic E-state index is 0.0624. The van der Waals surface area contributed by atoms with E-state index < -0.39 is 0 Å². The van der Waals surface area contributed by atoms with Crippen molar-refractivity contribution in [2.24, 2.45) is 5.92 Å². The van der Waals surface area contributed by atoms with Crippen LogP contribution in [0.3, 0.4) is 0 Å². The molecule has 2 rings (SSSR count). The molecule has 3 unspecified atom stereocenters. The van der Waals surface area contributed by atoms with Gasteiger partial charge in [0.25, 0.3) is 0 Å². The lowest BCUT2D eigenvalue weighted by atomic mass is 9.88. The molecule has 0 radical (unpaired) electrons. The summed E-state index contributed by atoms with van der Waals surface area (Å²) in [5, 5.41) is 6.05. The average Bonchev–Trinajstić information content (AvgIpc) is 2.89. The molecule has 0 aliphatic carbocycles. The van der Waals surface area contributed by atoms with E-state index in [4.69, 9.17) is 4.74 Å². The number of hydrogen-bond donors (Lipinski definition) is 1. The van der Waals surface area contributed by atoms with E-state index in [2.05, 4.69) is 50.5 Å². The average molecular weight is 281 g/mol.